The van der Waals surface area contributed by atoms with Gasteiger partial charge in [0.15, 0.2) is 0 Å². The first-order valence-electron chi connectivity index (χ1n) is 19.3. The van der Waals surface area contributed by atoms with Gasteiger partial charge in [0.1, 0.15) is 0 Å². The van der Waals surface area contributed by atoms with Gasteiger partial charge in [0.2, 0.25) is 0 Å². The van der Waals surface area contributed by atoms with E-state index < -0.39 is 20.0 Å². The van der Waals surface area contributed by atoms with Gasteiger partial charge in [-0.15, -0.1) is 0 Å². The van der Waals surface area contributed by atoms with E-state index in [1.165, 1.54) is 63.8 Å². The molecule has 2 atom stereocenters. The van der Waals surface area contributed by atoms with Gasteiger partial charge in [0, 0.05) is 0 Å². The van der Waals surface area contributed by atoms with Crippen molar-refractivity contribution >= 4 is 12.2 Å². The van der Waals surface area contributed by atoms with Crippen molar-refractivity contribution in [2.75, 3.05) is 0 Å². The molecule has 0 aromatic heterocycles. The molecule has 2 fully saturated rings. The first-order chi connectivity index (χ1) is 23.3. The summed E-state index contributed by atoms with van der Waals surface area (Å²) in [6.07, 6.45) is 9.47. The molecule has 1 aliphatic heterocycles. The van der Waals surface area contributed by atoms with E-state index in [9.17, 15) is 0 Å². The zero-order valence-corrected chi connectivity index (χ0v) is 35.3. The summed E-state index contributed by atoms with van der Waals surface area (Å²) in [5.41, 5.74) is 21.8. The van der Waals surface area contributed by atoms with Gasteiger partial charge in [-0.05, 0) is 0 Å². The quantitative estimate of drug-likeness (QED) is 0.170. The molecule has 1 heteroatoms. The molecular formula is C48H56Hf. The Morgan fingerprint density at radius 2 is 0.898 bits per heavy atom. The summed E-state index contributed by atoms with van der Waals surface area (Å²) in [6, 6.07) is 29.6. The first-order valence-corrected chi connectivity index (χ1v) is 30.7. The molecule has 0 bridgehead atoms. The molecule has 1 spiro atoms. The summed E-state index contributed by atoms with van der Waals surface area (Å²) in [4.78, 5) is 0. The van der Waals surface area contributed by atoms with Gasteiger partial charge in [-0.2, -0.15) is 0 Å². The predicted octanol–water partition coefficient (Wildman–Crippen LogP) is 14.5. The summed E-state index contributed by atoms with van der Waals surface area (Å²) >= 11 is -3.11. The Hall–Kier alpha value is -2.77. The first kappa shape index (κ1) is 33.4. The number of allylic oxidation sites excluding steroid dienone is 2. The second kappa shape index (κ2) is 11.9. The van der Waals surface area contributed by atoms with Crippen LogP contribution in [-0.2, 0) is 20.0 Å². The fourth-order valence-electron chi connectivity index (χ4n) is 10.2. The summed E-state index contributed by atoms with van der Waals surface area (Å²) in [7, 11) is 0. The molecule has 1 saturated heterocycles. The van der Waals surface area contributed by atoms with Crippen LogP contribution < -0.4 is 0 Å². The fraction of sp³-hybridized carbons (Fsp3) is 0.417. The van der Waals surface area contributed by atoms with Gasteiger partial charge in [-0.1, -0.05) is 0 Å². The van der Waals surface area contributed by atoms with Gasteiger partial charge in [-0.3, -0.25) is 0 Å². The van der Waals surface area contributed by atoms with Crippen LogP contribution in [0.3, 0.4) is 0 Å². The molecule has 0 radical (unpaired) electrons. The van der Waals surface area contributed by atoms with Gasteiger partial charge in [0.25, 0.3) is 0 Å². The summed E-state index contributed by atoms with van der Waals surface area (Å²) < 4.78 is 6.92. The number of rotatable bonds is 6. The average molecular weight is 811 g/mol. The molecule has 0 nitrogen and oxygen atoms in total. The topological polar surface area (TPSA) is 0 Å². The molecular weight excluding hydrogens is 755 g/mol. The molecule has 4 aromatic rings. The standard InChI is InChI=1S/C46H50.2CH3.Hf/c1-28(2)34-18-35(29(3)4)21-38(20-34)42-14-9-12-32-24-40(26-44(32)42)46(16-11-17-46)41-25-33-13-10-15-43(45(33)27-41)39-22-36(30(5)6)19-37(23-39)31(7)8;;;/h9-10,12-15,18-31H,11,16-17H2,1-8H3;2*1H3;. The molecule has 1 saturated carbocycles. The van der Waals surface area contributed by atoms with Gasteiger partial charge in [0.05, 0.1) is 0 Å². The predicted molar refractivity (Wildman–Crippen MR) is 210 cm³/mol. The Morgan fingerprint density at radius 1 is 0.531 bits per heavy atom. The van der Waals surface area contributed by atoms with Crippen LogP contribution in [0.25, 0.3) is 34.4 Å². The van der Waals surface area contributed by atoms with Crippen LogP contribution in [0, 0.1) is 5.41 Å². The molecule has 49 heavy (non-hydrogen) atoms. The molecule has 8 rings (SSSR count). The van der Waals surface area contributed by atoms with Crippen molar-refractivity contribution in [3.63, 3.8) is 0 Å². The Balaban J connectivity index is 1.30. The molecule has 4 aromatic carbocycles. The van der Waals surface area contributed by atoms with Crippen molar-refractivity contribution in [3.8, 4) is 22.3 Å². The molecule has 0 amide bonds. The van der Waals surface area contributed by atoms with Crippen molar-refractivity contribution in [3.05, 3.63) is 128 Å². The van der Waals surface area contributed by atoms with Crippen molar-refractivity contribution in [1.29, 1.82) is 0 Å². The number of hydrogen-bond acceptors (Lipinski definition) is 0. The zero-order chi connectivity index (χ0) is 34.6. The van der Waals surface area contributed by atoms with E-state index in [1.54, 1.807) is 33.4 Å². The Morgan fingerprint density at radius 3 is 1.20 bits per heavy atom. The molecule has 1 heterocycles. The van der Waals surface area contributed by atoms with Gasteiger partial charge in [-0.25, -0.2) is 0 Å². The monoisotopic (exact) mass is 812 g/mol. The van der Waals surface area contributed by atoms with Crippen molar-refractivity contribution in [2.24, 2.45) is 5.41 Å². The molecule has 3 aliphatic carbocycles. The van der Waals surface area contributed by atoms with Crippen LogP contribution in [-0.4, -0.2) is 0 Å². The van der Waals surface area contributed by atoms with Crippen molar-refractivity contribution < 1.29 is 20.0 Å². The van der Waals surface area contributed by atoms with Crippen LogP contribution in [0.2, 0.25) is 9.36 Å². The van der Waals surface area contributed by atoms with Gasteiger partial charge >= 0.3 is 303 Å². The number of fused-ring (bicyclic) bond motifs is 8. The third-order valence-corrected chi connectivity index (χ3v) is 28.3. The average Bonchev–Trinajstić information content (AvgIpc) is 3.64. The van der Waals surface area contributed by atoms with Gasteiger partial charge < -0.3 is 0 Å². The van der Waals surface area contributed by atoms with E-state index in [-0.39, 0.29) is 5.41 Å². The van der Waals surface area contributed by atoms with Crippen molar-refractivity contribution in [1.82, 2.24) is 0 Å². The third kappa shape index (κ3) is 5.06. The fourth-order valence-corrected chi connectivity index (χ4v) is 27.3. The molecule has 252 valence electrons. The van der Waals surface area contributed by atoms with Crippen LogP contribution >= 0.6 is 0 Å². The second-order valence-corrected chi connectivity index (χ2v) is 35.1. The Bertz CT molecular complexity index is 1850. The summed E-state index contributed by atoms with van der Waals surface area (Å²) in [5.74, 6) is 2.08. The minimum atomic E-state index is -3.11. The van der Waals surface area contributed by atoms with Crippen LogP contribution in [0.15, 0.2) is 83.9 Å². The minimum absolute atomic E-state index is 0.225. The van der Waals surface area contributed by atoms with E-state index in [0.717, 1.165) is 0 Å². The normalized spacial score (nSPS) is 21.1. The second-order valence-electron chi connectivity index (χ2n) is 17.8. The maximum atomic E-state index is 2.81. The Labute approximate surface area is 301 Å². The zero-order valence-electron chi connectivity index (χ0n) is 31.7. The SMILES string of the molecule is CC(C)c1cc(-c2cccc3c2C=C2[CH]3[Hf]([CH3])([CH3])[CH]3C(=Cc4c(-c5cc(C(C)C)cc(C(C)C)c5)cccc43)C23CCC3)cc(C(C)C)c1. The molecule has 0 N–H and O–H groups in total. The molecule has 4 aliphatic rings. The Kier molecular flexibility index (Phi) is 8.11. The maximum absolute atomic E-state index is 3.11. The summed E-state index contributed by atoms with van der Waals surface area (Å²) in [5, 5.41) is 0. The number of hydrogen-bond donors (Lipinski definition) is 0. The van der Waals surface area contributed by atoms with Crippen LogP contribution in [0.4, 0.5) is 0 Å². The van der Waals surface area contributed by atoms with Crippen molar-refractivity contribution in [2.45, 2.75) is 115 Å². The van der Waals surface area contributed by atoms with Crippen LogP contribution in [0.5, 0.6) is 0 Å². The number of benzene rings is 4. The van der Waals surface area contributed by atoms with E-state index in [0.29, 0.717) is 31.0 Å². The van der Waals surface area contributed by atoms with E-state index in [4.69, 9.17) is 0 Å². The van der Waals surface area contributed by atoms with E-state index in [1.807, 2.05) is 0 Å². The third-order valence-electron chi connectivity index (χ3n) is 13.2. The van der Waals surface area contributed by atoms with E-state index in [2.05, 4.69) is 150 Å². The van der Waals surface area contributed by atoms with Crippen LogP contribution in [0.1, 0.15) is 150 Å². The van der Waals surface area contributed by atoms with E-state index >= 15 is 0 Å². The summed E-state index contributed by atoms with van der Waals surface area (Å²) in [6.45, 7) is 18.7. The molecule has 2 unspecified atom stereocenters.